The molecular formula is C24H21FN8O. The predicted molar refractivity (Wildman–Crippen MR) is 128 cm³/mol. The molecule has 9 nitrogen and oxygen atoms in total. The summed E-state index contributed by atoms with van der Waals surface area (Å²) in [6, 6.07) is 13.7. The fourth-order valence-electron chi connectivity index (χ4n) is 3.89. The lowest BCUT2D eigenvalue weighted by Crippen LogP contribution is -2.24. The first-order valence-electron chi connectivity index (χ1n) is 11.8. The maximum atomic E-state index is 13.2. The number of halogens is 1. The smallest absolute Gasteiger partial charge is 0.273 e. The molecule has 3 N–H and O–H groups in total. The molecule has 0 bridgehead atoms. The molecule has 0 fully saturated rings. The van der Waals surface area contributed by atoms with Crippen molar-refractivity contribution in [2.45, 2.75) is 6.54 Å². The van der Waals surface area contributed by atoms with Crippen LogP contribution < -0.4 is 20.9 Å². The zero-order chi connectivity index (χ0) is 26.2. The van der Waals surface area contributed by atoms with Crippen molar-refractivity contribution >= 4 is 34.6 Å². The molecule has 0 unspecified atom stereocenters. The molecule has 4 heterocycles. The second-order valence-corrected chi connectivity index (χ2v) is 7.63. The standard InChI is InChI=1S/C24H21FN8O/c1-26-24(34)22-18(11-20(31-32-22)30-19-9-8-15(25)12-28-19)29-17-7-3-6-16-21-14(5-4-10-27-21)13-33(2)23(16)17/h3-12H,13H2,1-2H3,(H,26,34)(H2,28,29,30,31)/i1D3. The Morgan fingerprint density at radius 2 is 1.97 bits per heavy atom. The SMILES string of the molecule is [2H]C([2H])([2H])NC(=O)c1nnc(Nc2ccc(F)cn2)cc1Nc1cccc2c1N(C)Cc1cccnc1-2. The van der Waals surface area contributed by atoms with Gasteiger partial charge in [0.15, 0.2) is 11.5 Å². The molecule has 170 valence electrons. The quantitative estimate of drug-likeness (QED) is 0.413. The largest absolute Gasteiger partial charge is 0.368 e. The van der Waals surface area contributed by atoms with Crippen LogP contribution in [0.2, 0.25) is 0 Å². The average molecular weight is 460 g/mol. The lowest BCUT2D eigenvalue weighted by molar-refractivity contribution is 0.0958. The first-order valence-corrected chi connectivity index (χ1v) is 10.3. The number of anilines is 5. The molecule has 0 saturated carbocycles. The number of carbonyl (C=O) groups excluding carboxylic acids is 1. The van der Waals surface area contributed by atoms with E-state index in [9.17, 15) is 9.18 Å². The Morgan fingerprint density at radius 1 is 1.06 bits per heavy atom. The predicted octanol–water partition coefficient (Wildman–Crippen LogP) is 3.87. The summed E-state index contributed by atoms with van der Waals surface area (Å²) in [7, 11) is 1.94. The minimum absolute atomic E-state index is 0.204. The van der Waals surface area contributed by atoms with Crippen molar-refractivity contribution in [1.82, 2.24) is 25.5 Å². The van der Waals surface area contributed by atoms with Crippen molar-refractivity contribution in [3.05, 3.63) is 78.0 Å². The summed E-state index contributed by atoms with van der Waals surface area (Å²) < 4.78 is 35.4. The van der Waals surface area contributed by atoms with Crippen LogP contribution in [0.25, 0.3) is 11.3 Å². The number of fused-ring (bicyclic) bond motifs is 3. The van der Waals surface area contributed by atoms with Crippen LogP contribution in [0.1, 0.15) is 20.2 Å². The van der Waals surface area contributed by atoms with E-state index in [1.165, 1.54) is 18.2 Å². The Kier molecular flexibility index (Phi) is 4.60. The zero-order valence-electron chi connectivity index (χ0n) is 21.0. The average Bonchev–Trinajstić information content (AvgIpc) is 2.85. The molecule has 1 amide bonds. The summed E-state index contributed by atoms with van der Waals surface area (Å²) in [4.78, 5) is 23.3. The van der Waals surface area contributed by atoms with E-state index in [2.05, 4.69) is 35.7 Å². The number of pyridine rings is 2. The van der Waals surface area contributed by atoms with Gasteiger partial charge in [-0.2, -0.15) is 0 Å². The summed E-state index contributed by atoms with van der Waals surface area (Å²) in [5.74, 6) is -0.908. The van der Waals surface area contributed by atoms with E-state index in [-0.39, 0.29) is 17.2 Å². The van der Waals surface area contributed by atoms with Crippen LogP contribution in [-0.4, -0.2) is 40.1 Å². The number of amides is 1. The Labute approximate surface area is 199 Å². The van der Waals surface area contributed by atoms with Gasteiger partial charge in [0.1, 0.15) is 11.6 Å². The second-order valence-electron chi connectivity index (χ2n) is 7.63. The van der Waals surface area contributed by atoms with Crippen LogP contribution in [0, 0.1) is 5.82 Å². The molecule has 3 aromatic heterocycles. The van der Waals surface area contributed by atoms with Gasteiger partial charge in [-0.3, -0.25) is 9.78 Å². The molecule has 0 radical (unpaired) electrons. The van der Waals surface area contributed by atoms with Gasteiger partial charge in [0, 0.05) is 42.5 Å². The highest BCUT2D eigenvalue weighted by Crippen LogP contribution is 2.43. The van der Waals surface area contributed by atoms with Crippen molar-refractivity contribution in [2.75, 3.05) is 29.6 Å². The molecule has 0 saturated heterocycles. The molecule has 0 atom stereocenters. The topological polar surface area (TPSA) is 108 Å². The first kappa shape index (κ1) is 17.9. The number of nitrogens with zero attached hydrogens (tertiary/aromatic N) is 5. The van der Waals surface area contributed by atoms with Crippen molar-refractivity contribution in [2.24, 2.45) is 0 Å². The van der Waals surface area contributed by atoms with Gasteiger partial charge in [-0.1, -0.05) is 18.2 Å². The third-order valence-corrected chi connectivity index (χ3v) is 5.35. The van der Waals surface area contributed by atoms with E-state index >= 15 is 0 Å². The lowest BCUT2D eigenvalue weighted by Gasteiger charge is -2.31. The van der Waals surface area contributed by atoms with Crippen LogP contribution in [0.5, 0.6) is 0 Å². The van der Waals surface area contributed by atoms with Gasteiger partial charge in [0.2, 0.25) is 0 Å². The maximum absolute atomic E-state index is 13.2. The fraction of sp³-hybridized carbons (Fsp3) is 0.125. The lowest BCUT2D eigenvalue weighted by atomic mass is 9.97. The van der Waals surface area contributed by atoms with E-state index in [1.54, 1.807) is 6.20 Å². The Hall–Kier alpha value is -4.60. The zero-order valence-corrected chi connectivity index (χ0v) is 18.0. The normalized spacial score (nSPS) is 13.6. The van der Waals surface area contributed by atoms with Gasteiger partial charge in [0.05, 0.1) is 29.0 Å². The molecule has 1 aliphatic heterocycles. The van der Waals surface area contributed by atoms with Crippen molar-refractivity contribution in [3.8, 4) is 11.3 Å². The minimum atomic E-state index is -2.72. The minimum Gasteiger partial charge on any atom is -0.368 e. The number of hydrogen-bond donors (Lipinski definition) is 3. The third kappa shape index (κ3) is 3.96. The van der Waals surface area contributed by atoms with Gasteiger partial charge in [0.25, 0.3) is 5.91 Å². The van der Waals surface area contributed by atoms with Gasteiger partial charge < -0.3 is 20.9 Å². The van der Waals surface area contributed by atoms with Gasteiger partial charge in [-0.05, 0) is 29.8 Å². The van der Waals surface area contributed by atoms with Gasteiger partial charge in [-0.15, -0.1) is 10.2 Å². The highest BCUT2D eigenvalue weighted by molar-refractivity contribution is 6.00. The van der Waals surface area contributed by atoms with Crippen molar-refractivity contribution < 1.29 is 13.3 Å². The van der Waals surface area contributed by atoms with Crippen molar-refractivity contribution in [1.29, 1.82) is 0 Å². The summed E-state index contributed by atoms with van der Waals surface area (Å²) in [6.07, 6.45) is 2.78. The van der Waals surface area contributed by atoms with E-state index in [0.29, 0.717) is 18.1 Å². The molecule has 10 heteroatoms. The Bertz CT molecular complexity index is 1480. The first-order chi connectivity index (χ1) is 17.7. The highest BCUT2D eigenvalue weighted by Gasteiger charge is 2.24. The number of nitrogens with one attached hydrogen (secondary N) is 3. The number of para-hydroxylation sites is 1. The van der Waals surface area contributed by atoms with E-state index < -0.39 is 18.7 Å². The molecule has 1 aromatic carbocycles. The fourth-order valence-corrected chi connectivity index (χ4v) is 3.89. The molecule has 4 aromatic rings. The van der Waals surface area contributed by atoms with Crippen LogP contribution in [-0.2, 0) is 6.54 Å². The summed E-state index contributed by atoms with van der Waals surface area (Å²) in [5, 5.41) is 16.0. The molecule has 1 aliphatic rings. The van der Waals surface area contributed by atoms with Gasteiger partial charge >= 0.3 is 0 Å². The van der Waals surface area contributed by atoms with Crippen LogP contribution in [0.15, 0.2) is 60.9 Å². The Balaban J connectivity index is 1.56. The van der Waals surface area contributed by atoms with Gasteiger partial charge in [-0.25, -0.2) is 9.37 Å². The molecule has 0 spiro atoms. The van der Waals surface area contributed by atoms with E-state index in [4.69, 9.17) is 4.11 Å². The molecule has 0 aliphatic carbocycles. The van der Waals surface area contributed by atoms with Crippen LogP contribution in [0.4, 0.5) is 33.1 Å². The molecule has 34 heavy (non-hydrogen) atoms. The second kappa shape index (κ2) is 8.74. The number of rotatable bonds is 5. The monoisotopic (exact) mass is 459 g/mol. The summed E-state index contributed by atoms with van der Waals surface area (Å²) in [6.45, 7) is -2.09. The number of aromatic nitrogens is 4. The van der Waals surface area contributed by atoms with Crippen LogP contribution >= 0.6 is 0 Å². The summed E-state index contributed by atoms with van der Waals surface area (Å²) in [5.41, 5.74) is 4.32. The van der Waals surface area contributed by atoms with Crippen molar-refractivity contribution in [3.63, 3.8) is 0 Å². The number of benzene rings is 1. The van der Waals surface area contributed by atoms with E-state index in [1.807, 2.05) is 42.7 Å². The highest BCUT2D eigenvalue weighted by atomic mass is 19.1. The van der Waals surface area contributed by atoms with E-state index in [0.717, 1.165) is 28.7 Å². The number of carbonyl (C=O) groups is 1. The maximum Gasteiger partial charge on any atom is 0.273 e. The third-order valence-electron chi connectivity index (χ3n) is 5.35. The van der Waals surface area contributed by atoms with Crippen LogP contribution in [0.3, 0.4) is 0 Å². The molecular weight excluding hydrogens is 435 g/mol. The Morgan fingerprint density at radius 3 is 2.79 bits per heavy atom. The molecule has 5 rings (SSSR count). The summed E-state index contributed by atoms with van der Waals surface area (Å²) >= 11 is 0. The number of hydrogen-bond acceptors (Lipinski definition) is 8.